The van der Waals surface area contributed by atoms with Gasteiger partial charge in [0.25, 0.3) is 0 Å². The van der Waals surface area contributed by atoms with Crippen molar-refractivity contribution in [2.75, 3.05) is 0 Å². The normalized spacial score (nSPS) is 13.4. The molecule has 1 rings (SSSR count). The molecule has 1 aromatic heterocycles. The number of hydrogen-bond acceptors (Lipinski definition) is 3. The smallest absolute Gasteiger partial charge is 0.175 e. The van der Waals surface area contributed by atoms with E-state index >= 15 is 0 Å². The molecular formula is C11H13F5NO3S+. The van der Waals surface area contributed by atoms with Crippen LogP contribution in [0.1, 0.15) is 25.7 Å². The number of pyridine rings is 1. The fourth-order valence-electron chi connectivity index (χ4n) is 1.43. The quantitative estimate of drug-likeness (QED) is 0.438. The molecule has 0 aromatic carbocycles. The molecule has 0 N–H and O–H groups in total. The molecule has 10 heteroatoms. The Labute approximate surface area is 118 Å². The van der Waals surface area contributed by atoms with Gasteiger partial charge in [-0.05, 0) is 12.8 Å². The lowest BCUT2D eigenvalue weighted by Crippen LogP contribution is -2.46. The van der Waals surface area contributed by atoms with E-state index in [9.17, 15) is 30.4 Å². The Hall–Kier alpha value is -1.29. The fraction of sp³-hybridized carbons (Fsp3) is 0.545. The topological polar surface area (TPSA) is 47.3 Å². The standard InChI is InChI=1S/C11H13F5NO3S/c12-10(13,14)6-2-3-7-11(15,16)20-21(18,19)17-8-4-1-5-9-17/h1,4-5,8-9H,2-3,6-7H2/q+1. The zero-order chi connectivity index (χ0) is 16.1. The van der Waals surface area contributed by atoms with Crippen molar-refractivity contribution in [2.45, 2.75) is 38.0 Å². The highest BCUT2D eigenvalue weighted by Gasteiger charge is 2.41. The Morgan fingerprint density at radius 3 is 1.95 bits per heavy atom. The first kappa shape index (κ1) is 17.8. The first-order valence-corrected chi connectivity index (χ1v) is 7.25. The van der Waals surface area contributed by atoms with Gasteiger partial charge in [0.15, 0.2) is 12.4 Å². The Morgan fingerprint density at radius 1 is 0.905 bits per heavy atom. The number of rotatable bonds is 7. The van der Waals surface area contributed by atoms with Crippen LogP contribution in [0, 0.1) is 0 Å². The number of halogens is 5. The fourth-order valence-corrected chi connectivity index (χ4v) is 2.34. The van der Waals surface area contributed by atoms with Crippen molar-refractivity contribution in [1.82, 2.24) is 0 Å². The molecule has 0 radical (unpaired) electrons. The van der Waals surface area contributed by atoms with Crippen LogP contribution in [0.3, 0.4) is 0 Å². The zero-order valence-electron chi connectivity index (χ0n) is 10.7. The highest BCUT2D eigenvalue weighted by molar-refractivity contribution is 7.80. The number of aromatic nitrogens is 1. The van der Waals surface area contributed by atoms with Gasteiger partial charge in [-0.2, -0.15) is 22.0 Å². The largest absolute Gasteiger partial charge is 0.519 e. The van der Waals surface area contributed by atoms with E-state index in [1.807, 2.05) is 0 Å². The van der Waals surface area contributed by atoms with Crippen molar-refractivity contribution < 1.29 is 38.5 Å². The molecule has 0 saturated carbocycles. The molecule has 21 heavy (non-hydrogen) atoms. The number of alkyl halides is 5. The van der Waals surface area contributed by atoms with Gasteiger partial charge in [-0.1, -0.05) is 10.0 Å². The average molecular weight is 334 g/mol. The SMILES string of the molecule is O=S(=O)(OC(F)(F)CCCCC(F)(F)F)[n+]1ccccc1. The highest BCUT2D eigenvalue weighted by atomic mass is 32.2. The summed E-state index contributed by atoms with van der Waals surface area (Å²) in [6, 6.07) is 4.06. The van der Waals surface area contributed by atoms with Crippen molar-refractivity contribution >= 4 is 10.3 Å². The maximum atomic E-state index is 13.3. The maximum Gasteiger partial charge on any atom is 0.519 e. The molecule has 0 amide bonds. The lowest BCUT2D eigenvalue weighted by Gasteiger charge is -2.14. The van der Waals surface area contributed by atoms with Gasteiger partial charge in [0.1, 0.15) is 0 Å². The second-order valence-corrected chi connectivity index (χ2v) is 5.65. The molecule has 1 aromatic rings. The average Bonchev–Trinajstić information content (AvgIpc) is 2.33. The maximum absolute atomic E-state index is 13.3. The molecule has 0 aliphatic heterocycles. The van der Waals surface area contributed by atoms with Gasteiger partial charge in [0.2, 0.25) is 0 Å². The van der Waals surface area contributed by atoms with Gasteiger partial charge in [-0.3, -0.25) is 0 Å². The summed E-state index contributed by atoms with van der Waals surface area (Å²) in [5.41, 5.74) is 0. The van der Waals surface area contributed by atoms with E-state index in [4.69, 9.17) is 0 Å². The minimum atomic E-state index is -4.74. The summed E-state index contributed by atoms with van der Waals surface area (Å²) in [6.45, 7) is 0. The van der Waals surface area contributed by atoms with E-state index in [0.29, 0.717) is 3.97 Å². The summed E-state index contributed by atoms with van der Waals surface area (Å²) in [6.07, 6.45) is -9.86. The van der Waals surface area contributed by atoms with Crippen molar-refractivity contribution in [3.8, 4) is 0 Å². The van der Waals surface area contributed by atoms with Gasteiger partial charge in [0, 0.05) is 25.0 Å². The van der Waals surface area contributed by atoms with E-state index in [-0.39, 0.29) is 0 Å². The molecule has 0 unspecified atom stereocenters. The molecule has 4 nitrogen and oxygen atoms in total. The van der Waals surface area contributed by atoms with Crippen LogP contribution in [0.5, 0.6) is 0 Å². The van der Waals surface area contributed by atoms with E-state index < -0.39 is 48.3 Å². The number of unbranched alkanes of at least 4 members (excludes halogenated alkanes) is 1. The molecule has 0 atom stereocenters. The van der Waals surface area contributed by atoms with Crippen LogP contribution in [-0.2, 0) is 14.5 Å². The molecule has 0 fully saturated rings. The van der Waals surface area contributed by atoms with Gasteiger partial charge in [0.05, 0.1) is 0 Å². The highest BCUT2D eigenvalue weighted by Crippen LogP contribution is 2.28. The van der Waals surface area contributed by atoms with Crippen LogP contribution in [-0.4, -0.2) is 20.7 Å². The predicted molar refractivity (Wildman–Crippen MR) is 61.5 cm³/mol. The summed E-state index contributed by atoms with van der Waals surface area (Å²) in [5, 5.41) is 0. The predicted octanol–water partition coefficient (Wildman–Crippen LogP) is 2.80. The molecule has 0 spiro atoms. The number of hydrogen-bond donors (Lipinski definition) is 0. The molecule has 120 valence electrons. The summed E-state index contributed by atoms with van der Waals surface area (Å²) in [4.78, 5) is 0. The first-order chi connectivity index (χ1) is 9.52. The summed E-state index contributed by atoms with van der Waals surface area (Å²) < 4.78 is 89.5. The van der Waals surface area contributed by atoms with Crippen LogP contribution >= 0.6 is 0 Å². The van der Waals surface area contributed by atoms with Crippen LogP contribution < -0.4 is 3.97 Å². The first-order valence-electron chi connectivity index (χ1n) is 5.89. The Kier molecular flexibility index (Phi) is 5.62. The van der Waals surface area contributed by atoms with Crippen LogP contribution in [0.15, 0.2) is 30.6 Å². The minimum absolute atomic E-state index is 0.441. The van der Waals surface area contributed by atoms with E-state index in [1.165, 1.54) is 18.2 Å². The third-order valence-corrected chi connectivity index (χ3v) is 3.57. The van der Waals surface area contributed by atoms with Crippen molar-refractivity contribution in [3.05, 3.63) is 30.6 Å². The van der Waals surface area contributed by atoms with E-state index in [1.54, 1.807) is 0 Å². The van der Waals surface area contributed by atoms with Gasteiger partial charge >= 0.3 is 22.6 Å². The van der Waals surface area contributed by atoms with Gasteiger partial charge < -0.3 is 0 Å². The van der Waals surface area contributed by atoms with Gasteiger partial charge in [-0.25, -0.2) is 0 Å². The van der Waals surface area contributed by atoms with Crippen molar-refractivity contribution in [2.24, 2.45) is 0 Å². The van der Waals surface area contributed by atoms with Crippen LogP contribution in [0.2, 0.25) is 0 Å². The molecule has 0 aliphatic carbocycles. The monoisotopic (exact) mass is 334 g/mol. The Bertz CT molecular complexity index is 545. The second kappa shape index (κ2) is 6.65. The third-order valence-electron chi connectivity index (χ3n) is 2.35. The lowest BCUT2D eigenvalue weighted by atomic mass is 10.2. The van der Waals surface area contributed by atoms with E-state index in [2.05, 4.69) is 4.18 Å². The van der Waals surface area contributed by atoms with Gasteiger partial charge in [-0.15, -0.1) is 12.6 Å². The molecule has 0 aliphatic rings. The van der Waals surface area contributed by atoms with Crippen molar-refractivity contribution in [3.63, 3.8) is 0 Å². The lowest BCUT2D eigenvalue weighted by molar-refractivity contribution is -0.524. The summed E-state index contributed by atoms with van der Waals surface area (Å²) in [5.74, 6) is 0. The summed E-state index contributed by atoms with van der Waals surface area (Å²) in [7, 11) is -4.74. The second-order valence-electron chi connectivity index (χ2n) is 4.21. The van der Waals surface area contributed by atoms with E-state index in [0.717, 1.165) is 12.4 Å². The summed E-state index contributed by atoms with van der Waals surface area (Å²) >= 11 is 0. The number of nitrogens with zero attached hydrogens (tertiary/aromatic N) is 1. The molecule has 0 saturated heterocycles. The Morgan fingerprint density at radius 2 is 1.43 bits per heavy atom. The minimum Gasteiger partial charge on any atom is -0.175 e. The third kappa shape index (κ3) is 6.80. The Balaban J connectivity index is 2.56. The molecule has 1 heterocycles. The molecule has 0 bridgehead atoms. The van der Waals surface area contributed by atoms with Crippen molar-refractivity contribution in [1.29, 1.82) is 0 Å². The molecular weight excluding hydrogens is 321 g/mol. The van der Waals surface area contributed by atoms with Crippen LogP contribution in [0.4, 0.5) is 22.0 Å². The van der Waals surface area contributed by atoms with Crippen LogP contribution in [0.25, 0.3) is 0 Å². The zero-order valence-corrected chi connectivity index (χ0v) is 11.5.